The first-order chi connectivity index (χ1) is 7.13. The molecule has 0 radical (unpaired) electrons. The molecule has 0 atom stereocenters. The Morgan fingerprint density at radius 2 is 2.13 bits per heavy atom. The van der Waals surface area contributed by atoms with Crippen molar-refractivity contribution in [2.24, 2.45) is 5.73 Å². The van der Waals surface area contributed by atoms with Crippen LogP contribution in [-0.2, 0) is 0 Å². The SMILES string of the molecule is CC(C)Oc1ccc(OCCN)c(Cl)c1. The van der Waals surface area contributed by atoms with Gasteiger partial charge in [0, 0.05) is 12.6 Å². The summed E-state index contributed by atoms with van der Waals surface area (Å²) in [7, 11) is 0. The monoisotopic (exact) mass is 229 g/mol. The Morgan fingerprint density at radius 1 is 1.40 bits per heavy atom. The van der Waals surface area contributed by atoms with Gasteiger partial charge in [-0.15, -0.1) is 0 Å². The van der Waals surface area contributed by atoms with Crippen LogP contribution in [0.1, 0.15) is 13.8 Å². The fourth-order valence-corrected chi connectivity index (χ4v) is 1.34. The molecule has 0 heterocycles. The minimum absolute atomic E-state index is 0.136. The summed E-state index contributed by atoms with van der Waals surface area (Å²) in [4.78, 5) is 0. The third kappa shape index (κ3) is 3.98. The summed E-state index contributed by atoms with van der Waals surface area (Å²) in [5.41, 5.74) is 5.33. The minimum Gasteiger partial charge on any atom is -0.491 e. The Labute approximate surface area is 95.1 Å². The highest BCUT2D eigenvalue weighted by molar-refractivity contribution is 6.32. The number of halogens is 1. The molecular formula is C11H16ClNO2. The molecule has 0 aliphatic rings. The molecule has 0 spiro atoms. The molecule has 0 saturated carbocycles. The Morgan fingerprint density at radius 3 is 2.67 bits per heavy atom. The van der Waals surface area contributed by atoms with Crippen LogP contribution in [0.3, 0.4) is 0 Å². The molecule has 0 aliphatic carbocycles. The van der Waals surface area contributed by atoms with E-state index in [1.807, 2.05) is 19.9 Å². The molecule has 1 aromatic carbocycles. The van der Waals surface area contributed by atoms with Crippen molar-refractivity contribution in [3.63, 3.8) is 0 Å². The Balaban J connectivity index is 2.69. The molecule has 0 aromatic heterocycles. The van der Waals surface area contributed by atoms with Gasteiger partial charge in [-0.1, -0.05) is 11.6 Å². The van der Waals surface area contributed by atoms with E-state index in [0.29, 0.717) is 23.9 Å². The van der Waals surface area contributed by atoms with Gasteiger partial charge in [0.2, 0.25) is 0 Å². The first-order valence-corrected chi connectivity index (χ1v) is 5.30. The molecule has 2 N–H and O–H groups in total. The molecule has 0 amide bonds. The first-order valence-electron chi connectivity index (χ1n) is 4.92. The molecular weight excluding hydrogens is 214 g/mol. The van der Waals surface area contributed by atoms with Gasteiger partial charge in [-0.05, 0) is 26.0 Å². The maximum atomic E-state index is 6.00. The highest BCUT2D eigenvalue weighted by Gasteiger charge is 2.04. The third-order valence-electron chi connectivity index (χ3n) is 1.65. The lowest BCUT2D eigenvalue weighted by Gasteiger charge is -2.12. The summed E-state index contributed by atoms with van der Waals surface area (Å²) in [5, 5.41) is 0.543. The molecule has 0 bridgehead atoms. The second-order valence-electron chi connectivity index (χ2n) is 3.40. The molecule has 4 heteroatoms. The van der Waals surface area contributed by atoms with Crippen molar-refractivity contribution in [2.75, 3.05) is 13.2 Å². The van der Waals surface area contributed by atoms with E-state index in [-0.39, 0.29) is 6.10 Å². The standard InChI is InChI=1S/C11H16ClNO2/c1-8(2)15-9-3-4-11(10(12)7-9)14-6-5-13/h3-4,7-8H,5-6,13H2,1-2H3. The molecule has 84 valence electrons. The van der Waals surface area contributed by atoms with Crippen molar-refractivity contribution in [1.29, 1.82) is 0 Å². The third-order valence-corrected chi connectivity index (χ3v) is 1.95. The average molecular weight is 230 g/mol. The molecule has 15 heavy (non-hydrogen) atoms. The summed E-state index contributed by atoms with van der Waals surface area (Å²) in [5.74, 6) is 1.38. The number of hydrogen-bond donors (Lipinski definition) is 1. The van der Waals surface area contributed by atoms with Crippen LogP contribution in [0, 0.1) is 0 Å². The lowest BCUT2D eigenvalue weighted by Crippen LogP contribution is -2.11. The fourth-order valence-electron chi connectivity index (χ4n) is 1.11. The second-order valence-corrected chi connectivity index (χ2v) is 3.80. The lowest BCUT2D eigenvalue weighted by atomic mass is 10.3. The summed E-state index contributed by atoms with van der Waals surface area (Å²) >= 11 is 6.00. The van der Waals surface area contributed by atoms with Crippen LogP contribution in [0.5, 0.6) is 11.5 Å². The van der Waals surface area contributed by atoms with Gasteiger partial charge in [0.1, 0.15) is 18.1 Å². The predicted molar refractivity (Wildman–Crippen MR) is 61.8 cm³/mol. The van der Waals surface area contributed by atoms with Gasteiger partial charge in [-0.25, -0.2) is 0 Å². The maximum Gasteiger partial charge on any atom is 0.138 e. The molecule has 0 aliphatic heterocycles. The Bertz CT molecular complexity index is 315. The predicted octanol–water partition coefficient (Wildman–Crippen LogP) is 2.46. The number of benzene rings is 1. The van der Waals surface area contributed by atoms with Gasteiger partial charge in [0.25, 0.3) is 0 Å². The van der Waals surface area contributed by atoms with Crippen LogP contribution in [-0.4, -0.2) is 19.3 Å². The zero-order valence-corrected chi connectivity index (χ0v) is 9.75. The van der Waals surface area contributed by atoms with Crippen molar-refractivity contribution in [3.8, 4) is 11.5 Å². The van der Waals surface area contributed by atoms with Crippen molar-refractivity contribution < 1.29 is 9.47 Å². The van der Waals surface area contributed by atoms with Crippen LogP contribution in [0.4, 0.5) is 0 Å². The van der Waals surface area contributed by atoms with Crippen molar-refractivity contribution in [2.45, 2.75) is 20.0 Å². The molecule has 1 aromatic rings. The minimum atomic E-state index is 0.136. The van der Waals surface area contributed by atoms with Gasteiger partial charge in [-0.2, -0.15) is 0 Å². The average Bonchev–Trinajstić information content (AvgIpc) is 2.15. The zero-order chi connectivity index (χ0) is 11.3. The highest BCUT2D eigenvalue weighted by atomic mass is 35.5. The fraction of sp³-hybridized carbons (Fsp3) is 0.455. The number of ether oxygens (including phenoxy) is 2. The maximum absolute atomic E-state index is 6.00. The van der Waals surface area contributed by atoms with Crippen LogP contribution in [0.15, 0.2) is 18.2 Å². The molecule has 1 rings (SSSR count). The van der Waals surface area contributed by atoms with Crippen molar-refractivity contribution >= 4 is 11.6 Å². The topological polar surface area (TPSA) is 44.5 Å². The number of rotatable bonds is 5. The van der Waals surface area contributed by atoms with Crippen LogP contribution >= 0.6 is 11.6 Å². The smallest absolute Gasteiger partial charge is 0.138 e. The van der Waals surface area contributed by atoms with Gasteiger partial charge in [0.15, 0.2) is 0 Å². The van der Waals surface area contributed by atoms with Crippen LogP contribution in [0.2, 0.25) is 5.02 Å². The number of hydrogen-bond acceptors (Lipinski definition) is 3. The Hall–Kier alpha value is -0.930. The van der Waals surface area contributed by atoms with Crippen LogP contribution < -0.4 is 15.2 Å². The number of nitrogens with two attached hydrogens (primary N) is 1. The quantitative estimate of drug-likeness (QED) is 0.844. The van der Waals surface area contributed by atoms with E-state index in [4.69, 9.17) is 26.8 Å². The van der Waals surface area contributed by atoms with E-state index < -0.39 is 0 Å². The van der Waals surface area contributed by atoms with Gasteiger partial charge >= 0.3 is 0 Å². The molecule has 0 fully saturated rings. The molecule has 3 nitrogen and oxygen atoms in total. The highest BCUT2D eigenvalue weighted by Crippen LogP contribution is 2.29. The summed E-state index contributed by atoms with van der Waals surface area (Å²) in [6, 6.07) is 5.36. The van der Waals surface area contributed by atoms with Crippen LogP contribution in [0.25, 0.3) is 0 Å². The van der Waals surface area contributed by atoms with E-state index in [2.05, 4.69) is 0 Å². The van der Waals surface area contributed by atoms with Gasteiger partial charge in [-0.3, -0.25) is 0 Å². The second kappa shape index (κ2) is 5.83. The summed E-state index contributed by atoms with van der Waals surface area (Å²) < 4.78 is 10.8. The summed E-state index contributed by atoms with van der Waals surface area (Å²) in [6.45, 7) is 4.87. The zero-order valence-electron chi connectivity index (χ0n) is 9.00. The van der Waals surface area contributed by atoms with E-state index in [0.717, 1.165) is 5.75 Å². The normalized spacial score (nSPS) is 10.5. The first kappa shape index (κ1) is 12.1. The van der Waals surface area contributed by atoms with Gasteiger partial charge < -0.3 is 15.2 Å². The Kier molecular flexibility index (Phi) is 4.72. The van der Waals surface area contributed by atoms with Gasteiger partial charge in [0.05, 0.1) is 11.1 Å². The molecule has 0 unspecified atom stereocenters. The molecule has 0 saturated heterocycles. The van der Waals surface area contributed by atoms with Crippen molar-refractivity contribution in [3.05, 3.63) is 23.2 Å². The van der Waals surface area contributed by atoms with E-state index in [1.165, 1.54) is 0 Å². The largest absolute Gasteiger partial charge is 0.491 e. The summed E-state index contributed by atoms with van der Waals surface area (Å²) in [6.07, 6.45) is 0.136. The lowest BCUT2D eigenvalue weighted by molar-refractivity contribution is 0.242. The van der Waals surface area contributed by atoms with E-state index in [1.54, 1.807) is 12.1 Å². The van der Waals surface area contributed by atoms with Crippen molar-refractivity contribution in [1.82, 2.24) is 0 Å². The van der Waals surface area contributed by atoms with E-state index in [9.17, 15) is 0 Å². The van der Waals surface area contributed by atoms with E-state index >= 15 is 0 Å².